The minimum absolute atomic E-state index is 0.0317. The lowest BCUT2D eigenvalue weighted by atomic mass is 10.1. The van der Waals surface area contributed by atoms with E-state index in [9.17, 15) is 29.1 Å². The molecule has 0 bridgehead atoms. The van der Waals surface area contributed by atoms with Crippen LogP contribution in [0.4, 0.5) is 0 Å². The largest absolute Gasteiger partial charge is 0.481 e. The molecule has 15 heteroatoms. The van der Waals surface area contributed by atoms with Gasteiger partial charge >= 0.3 is 11.9 Å². The van der Waals surface area contributed by atoms with Crippen molar-refractivity contribution in [2.24, 2.45) is 22.2 Å². The van der Waals surface area contributed by atoms with Gasteiger partial charge in [0.05, 0.1) is 12.5 Å². The van der Waals surface area contributed by atoms with Gasteiger partial charge in [-0.1, -0.05) is 0 Å². The SMILES string of the molecule is CC(NC(=O)C(N)CS)C(=O)NC(CC(=O)O)C(=O)NC(CCCN=C(N)N)C(=O)O. The first-order valence-electron chi connectivity index (χ1n) is 9.16. The predicted molar refractivity (Wildman–Crippen MR) is 113 cm³/mol. The number of aliphatic carboxylic acids is 2. The van der Waals surface area contributed by atoms with Crippen LogP contribution in [-0.4, -0.2) is 82.3 Å². The van der Waals surface area contributed by atoms with Gasteiger partial charge in [-0.25, -0.2) is 4.79 Å². The number of guanidine groups is 1. The van der Waals surface area contributed by atoms with Crippen LogP contribution in [0.1, 0.15) is 26.2 Å². The summed E-state index contributed by atoms with van der Waals surface area (Å²) in [6.07, 6.45) is -0.631. The average Bonchev–Trinajstić information content (AvgIpc) is 2.67. The number of hydrogen-bond donors (Lipinski definition) is 9. The molecule has 0 aromatic rings. The quantitative estimate of drug-likeness (QED) is 0.0528. The number of thiol groups is 1. The second-order valence-corrected chi connectivity index (χ2v) is 6.89. The van der Waals surface area contributed by atoms with Crippen molar-refractivity contribution in [3.05, 3.63) is 0 Å². The molecule has 31 heavy (non-hydrogen) atoms. The van der Waals surface area contributed by atoms with Crippen molar-refractivity contribution in [3.63, 3.8) is 0 Å². The van der Waals surface area contributed by atoms with Gasteiger partial charge in [-0.2, -0.15) is 12.6 Å². The standard InChI is InChI=1S/C16H29N7O7S/c1-7(21-13(27)8(17)6-31)12(26)23-10(5-11(24)25)14(28)22-9(15(29)30)3-2-4-20-16(18)19/h7-10,31H,2-6,17H2,1H3,(H,21,27)(H,22,28)(H,23,26)(H,24,25)(H,29,30)(H4,18,19,20). The van der Waals surface area contributed by atoms with Crippen molar-refractivity contribution in [2.75, 3.05) is 12.3 Å². The average molecular weight is 464 g/mol. The number of carboxylic acid groups (broad SMARTS) is 2. The number of nitrogens with two attached hydrogens (primary N) is 3. The number of carbonyl (C=O) groups excluding carboxylic acids is 3. The molecule has 4 unspecified atom stereocenters. The van der Waals surface area contributed by atoms with Crippen LogP contribution in [-0.2, 0) is 24.0 Å². The number of aliphatic imine (C=N–C) groups is 1. The first-order chi connectivity index (χ1) is 14.4. The zero-order chi connectivity index (χ0) is 24.1. The van der Waals surface area contributed by atoms with E-state index in [1.54, 1.807) is 0 Å². The first-order valence-corrected chi connectivity index (χ1v) is 9.79. The van der Waals surface area contributed by atoms with Crippen LogP contribution in [0, 0.1) is 0 Å². The summed E-state index contributed by atoms with van der Waals surface area (Å²) in [7, 11) is 0. The maximum Gasteiger partial charge on any atom is 0.326 e. The van der Waals surface area contributed by atoms with Crippen LogP contribution in [0.5, 0.6) is 0 Å². The second kappa shape index (κ2) is 14.0. The Labute approximate surface area is 183 Å². The molecule has 176 valence electrons. The van der Waals surface area contributed by atoms with Crippen molar-refractivity contribution < 1.29 is 34.2 Å². The third-order valence-electron chi connectivity index (χ3n) is 3.86. The van der Waals surface area contributed by atoms with Gasteiger partial charge in [0, 0.05) is 12.3 Å². The Morgan fingerprint density at radius 1 is 0.968 bits per heavy atom. The molecule has 0 heterocycles. The third-order valence-corrected chi connectivity index (χ3v) is 4.25. The summed E-state index contributed by atoms with van der Waals surface area (Å²) in [5, 5.41) is 25.0. The zero-order valence-electron chi connectivity index (χ0n) is 16.9. The minimum atomic E-state index is -1.58. The van der Waals surface area contributed by atoms with Gasteiger partial charge in [-0.05, 0) is 19.8 Å². The van der Waals surface area contributed by atoms with E-state index in [0.29, 0.717) is 0 Å². The van der Waals surface area contributed by atoms with Crippen LogP contribution < -0.4 is 33.2 Å². The molecule has 11 N–H and O–H groups in total. The lowest BCUT2D eigenvalue weighted by molar-refractivity contribution is -0.143. The summed E-state index contributed by atoms with van der Waals surface area (Å²) in [5.74, 6) is -5.45. The summed E-state index contributed by atoms with van der Waals surface area (Å²) in [5.41, 5.74) is 15.8. The van der Waals surface area contributed by atoms with Crippen molar-refractivity contribution in [1.82, 2.24) is 16.0 Å². The van der Waals surface area contributed by atoms with Crippen molar-refractivity contribution in [2.45, 2.75) is 50.4 Å². The summed E-state index contributed by atoms with van der Waals surface area (Å²) in [6.45, 7) is 1.43. The Morgan fingerprint density at radius 2 is 1.55 bits per heavy atom. The van der Waals surface area contributed by atoms with Crippen molar-refractivity contribution in [3.8, 4) is 0 Å². The third kappa shape index (κ3) is 11.6. The highest BCUT2D eigenvalue weighted by Crippen LogP contribution is 2.02. The molecule has 0 rings (SSSR count). The number of hydrogen-bond acceptors (Lipinski definition) is 8. The van der Waals surface area contributed by atoms with Crippen molar-refractivity contribution in [1.29, 1.82) is 0 Å². The van der Waals surface area contributed by atoms with Crippen LogP contribution in [0.2, 0.25) is 0 Å². The molecule has 4 atom stereocenters. The van der Waals surface area contributed by atoms with Gasteiger partial charge in [0.1, 0.15) is 18.1 Å². The van der Waals surface area contributed by atoms with Gasteiger partial charge in [0.15, 0.2) is 5.96 Å². The molecule has 0 saturated heterocycles. The molecule has 0 aromatic carbocycles. The Morgan fingerprint density at radius 3 is 2.03 bits per heavy atom. The number of carbonyl (C=O) groups is 5. The molecule has 0 aromatic heterocycles. The smallest absolute Gasteiger partial charge is 0.326 e. The Kier molecular flexibility index (Phi) is 12.6. The topological polar surface area (TPSA) is 252 Å². The van der Waals surface area contributed by atoms with Crippen LogP contribution in [0.3, 0.4) is 0 Å². The minimum Gasteiger partial charge on any atom is -0.481 e. The highest BCUT2D eigenvalue weighted by Gasteiger charge is 2.30. The summed E-state index contributed by atoms with van der Waals surface area (Å²) < 4.78 is 0. The van der Waals surface area contributed by atoms with E-state index in [-0.39, 0.29) is 31.1 Å². The van der Waals surface area contributed by atoms with Gasteiger partial charge in [0.2, 0.25) is 17.7 Å². The number of nitrogens with zero attached hydrogens (tertiary/aromatic N) is 1. The Bertz CT molecular complexity index is 700. The maximum absolute atomic E-state index is 12.4. The molecule has 14 nitrogen and oxygen atoms in total. The maximum atomic E-state index is 12.4. The highest BCUT2D eigenvalue weighted by molar-refractivity contribution is 7.80. The van der Waals surface area contributed by atoms with E-state index in [0.717, 1.165) is 0 Å². The fraction of sp³-hybridized carbons (Fsp3) is 0.625. The lowest BCUT2D eigenvalue weighted by Gasteiger charge is -2.22. The predicted octanol–water partition coefficient (Wildman–Crippen LogP) is -3.67. The fourth-order valence-electron chi connectivity index (χ4n) is 2.18. The van der Waals surface area contributed by atoms with E-state index in [2.05, 4.69) is 33.6 Å². The zero-order valence-corrected chi connectivity index (χ0v) is 17.8. The Hall–Kier alpha value is -3.07. The molecule has 0 fully saturated rings. The highest BCUT2D eigenvalue weighted by atomic mass is 32.1. The van der Waals surface area contributed by atoms with Gasteiger partial charge < -0.3 is 43.4 Å². The van der Waals surface area contributed by atoms with E-state index >= 15 is 0 Å². The van der Waals surface area contributed by atoms with Gasteiger partial charge in [0.25, 0.3) is 0 Å². The Balaban J connectivity index is 5.09. The second-order valence-electron chi connectivity index (χ2n) is 6.53. The number of carboxylic acids is 2. The van der Waals surface area contributed by atoms with E-state index in [1.807, 2.05) is 0 Å². The van der Waals surface area contributed by atoms with Crippen LogP contribution >= 0.6 is 12.6 Å². The van der Waals surface area contributed by atoms with Crippen molar-refractivity contribution >= 4 is 48.2 Å². The van der Waals surface area contributed by atoms with E-state index in [1.165, 1.54) is 6.92 Å². The molecule has 0 spiro atoms. The molecule has 0 saturated carbocycles. The molecule has 0 aliphatic heterocycles. The van der Waals surface area contributed by atoms with E-state index in [4.69, 9.17) is 22.3 Å². The van der Waals surface area contributed by atoms with Gasteiger partial charge in [-0.3, -0.25) is 24.2 Å². The molecular formula is C16H29N7O7S. The van der Waals surface area contributed by atoms with E-state index < -0.39 is 60.2 Å². The first kappa shape index (κ1) is 27.9. The number of nitrogens with one attached hydrogen (secondary N) is 3. The molecule has 0 radical (unpaired) electrons. The van der Waals surface area contributed by atoms with Crippen LogP contribution in [0.15, 0.2) is 4.99 Å². The summed E-state index contributed by atoms with van der Waals surface area (Å²) >= 11 is 3.87. The number of amides is 3. The van der Waals surface area contributed by atoms with Gasteiger partial charge in [-0.15, -0.1) is 0 Å². The normalized spacial score (nSPS) is 14.3. The lowest BCUT2D eigenvalue weighted by Crippen LogP contribution is -2.56. The molecule has 3 amide bonds. The monoisotopic (exact) mass is 463 g/mol. The van der Waals surface area contributed by atoms with Crippen LogP contribution in [0.25, 0.3) is 0 Å². The molecule has 0 aliphatic rings. The molecular weight excluding hydrogens is 434 g/mol. The number of rotatable bonds is 14. The summed E-state index contributed by atoms with van der Waals surface area (Å²) in [6, 6.07) is -5.05. The summed E-state index contributed by atoms with van der Waals surface area (Å²) in [4.78, 5) is 62.6. The fourth-order valence-corrected chi connectivity index (χ4v) is 2.35. The molecule has 0 aliphatic carbocycles.